The number of aromatic nitrogens is 3. The first-order valence-corrected chi connectivity index (χ1v) is 12.9. The third-order valence-electron chi connectivity index (χ3n) is 5.42. The van der Waals surface area contributed by atoms with Crippen LogP contribution in [-0.2, 0) is 19.2 Å². The molecule has 2 aliphatic heterocycles. The summed E-state index contributed by atoms with van der Waals surface area (Å²) < 4.78 is 5.56. The number of nitrogens with one attached hydrogen (secondary N) is 1. The summed E-state index contributed by atoms with van der Waals surface area (Å²) in [6.07, 6.45) is 6.63. The first kappa shape index (κ1) is 26.7. The number of thioether (sulfide) groups is 1. The number of rotatable bonds is 10. The highest BCUT2D eigenvalue weighted by atomic mass is 32.2. The van der Waals surface area contributed by atoms with Gasteiger partial charge in [-0.2, -0.15) is 13.9 Å². The Balaban J connectivity index is 1.47. The van der Waals surface area contributed by atoms with Gasteiger partial charge in [-0.1, -0.05) is 5.16 Å². The number of hydrogen-bond acceptors (Lipinski definition) is 12. The zero-order valence-corrected chi connectivity index (χ0v) is 21.4. The van der Waals surface area contributed by atoms with E-state index in [2.05, 4.69) is 19.8 Å². The van der Waals surface area contributed by atoms with Crippen LogP contribution in [0.4, 0.5) is 5.13 Å². The van der Waals surface area contributed by atoms with Gasteiger partial charge in [-0.25, -0.2) is 4.79 Å². The molecule has 4 N–H and O–H groups in total. The molecule has 2 aliphatic rings. The number of oxime groups is 1. The molecule has 0 saturated carbocycles. The molecule has 0 radical (unpaired) electrons. The lowest BCUT2D eigenvalue weighted by molar-refractivity contribution is -0.568. The molecule has 2 amide bonds. The van der Waals surface area contributed by atoms with Crippen LogP contribution in [-0.4, -0.2) is 72.6 Å². The van der Waals surface area contributed by atoms with Gasteiger partial charge in [0.05, 0.1) is 17.2 Å². The van der Waals surface area contributed by atoms with Crippen LogP contribution in [0.25, 0.3) is 6.20 Å². The van der Waals surface area contributed by atoms with Gasteiger partial charge in [0.15, 0.2) is 23.7 Å². The fraction of sp³-hybridized carbons (Fsp3) is 0.273. The van der Waals surface area contributed by atoms with E-state index in [1.54, 1.807) is 36.2 Å². The number of β-lactam (4-membered cyclic amide) rings is 1. The summed E-state index contributed by atoms with van der Waals surface area (Å²) in [6, 6.07) is 1.85. The summed E-state index contributed by atoms with van der Waals surface area (Å²) in [7, 11) is 0. The maximum absolute atomic E-state index is 12.9. The van der Waals surface area contributed by atoms with E-state index in [4.69, 9.17) is 15.7 Å². The number of carboxylic acid groups (broad SMARTS) is 2. The van der Waals surface area contributed by atoms with Crippen LogP contribution in [0.1, 0.15) is 29.5 Å². The van der Waals surface area contributed by atoms with E-state index >= 15 is 0 Å². The largest absolute Gasteiger partial charge is 0.543 e. The number of carboxylic acids is 2. The molecule has 4 rings (SSSR count). The van der Waals surface area contributed by atoms with Crippen molar-refractivity contribution >= 4 is 64.1 Å². The molecule has 2 aromatic heterocycles. The lowest BCUT2D eigenvalue weighted by Crippen LogP contribution is -2.71. The zero-order valence-electron chi connectivity index (χ0n) is 19.8. The van der Waals surface area contributed by atoms with E-state index in [0.717, 1.165) is 16.4 Å². The summed E-state index contributed by atoms with van der Waals surface area (Å²) in [6.45, 7) is 1.84. The molecule has 1 unspecified atom stereocenters. The van der Waals surface area contributed by atoms with Crippen LogP contribution >= 0.6 is 23.3 Å². The van der Waals surface area contributed by atoms with Gasteiger partial charge in [-0.15, -0.1) is 11.8 Å². The molecule has 0 aromatic carbocycles. The van der Waals surface area contributed by atoms with Gasteiger partial charge in [-0.05, 0) is 25.0 Å². The van der Waals surface area contributed by atoms with E-state index in [-0.39, 0.29) is 46.7 Å². The van der Waals surface area contributed by atoms with Gasteiger partial charge in [-0.3, -0.25) is 14.5 Å². The second-order valence-electron chi connectivity index (χ2n) is 7.84. The van der Waals surface area contributed by atoms with Gasteiger partial charge >= 0.3 is 5.97 Å². The summed E-state index contributed by atoms with van der Waals surface area (Å²) in [4.78, 5) is 58.8. The SMILES string of the molecule is CCON=C(C(=O)NC1C(=O)N2C(C(=O)[O-])=C(CC=C[n+]3ccc(C(=O)O)cc3)CS[C@@H]12)c1nsc(N)n1. The molecule has 14 nitrogen and oxygen atoms in total. The molecule has 198 valence electrons. The lowest BCUT2D eigenvalue weighted by atomic mass is 10.0. The van der Waals surface area contributed by atoms with Gasteiger partial charge in [0.2, 0.25) is 11.5 Å². The average molecular weight is 560 g/mol. The number of hydrogen-bond donors (Lipinski definition) is 3. The molecule has 0 spiro atoms. The van der Waals surface area contributed by atoms with Crippen molar-refractivity contribution < 1.29 is 38.8 Å². The van der Waals surface area contributed by atoms with Crippen LogP contribution in [0.2, 0.25) is 0 Å². The molecule has 2 atom stereocenters. The Kier molecular flexibility index (Phi) is 8.02. The van der Waals surface area contributed by atoms with Crippen molar-refractivity contribution in [2.24, 2.45) is 5.16 Å². The minimum Gasteiger partial charge on any atom is -0.543 e. The quantitative estimate of drug-likeness (QED) is 0.137. The Hall–Kier alpha value is -4.31. The molecule has 38 heavy (non-hydrogen) atoms. The van der Waals surface area contributed by atoms with Crippen molar-refractivity contribution in [3.05, 3.63) is 53.3 Å². The van der Waals surface area contributed by atoms with Crippen LogP contribution in [0, 0.1) is 0 Å². The van der Waals surface area contributed by atoms with Crippen LogP contribution in [0.5, 0.6) is 0 Å². The van der Waals surface area contributed by atoms with Gasteiger partial charge in [0.25, 0.3) is 11.8 Å². The number of anilines is 1. The van der Waals surface area contributed by atoms with Crippen LogP contribution in [0.3, 0.4) is 0 Å². The van der Waals surface area contributed by atoms with Crippen LogP contribution in [0.15, 0.2) is 47.0 Å². The standard InChI is InChI=1S/C22H21N7O7S2/c1-2-36-26-13(16-25-22(23)38-27-16)17(30)24-14-18(31)29-15(21(34)35)12(10-37-19(14)29)4-3-7-28-8-5-11(6-9-28)20(32)33/h3,5-9,14,19H,2,4,10H2,1H3,(H4-,23,24,25,27,30,32,33,34,35)/t14?,19-/m0/s1. The zero-order chi connectivity index (χ0) is 27.4. The molecule has 16 heteroatoms. The number of carbonyl (C=O) groups excluding carboxylic acids is 3. The molecule has 0 bridgehead atoms. The second-order valence-corrected chi connectivity index (χ2v) is 9.73. The van der Waals surface area contributed by atoms with Crippen molar-refractivity contribution in [1.82, 2.24) is 19.6 Å². The van der Waals surface area contributed by atoms with Crippen molar-refractivity contribution in [1.29, 1.82) is 0 Å². The van der Waals surface area contributed by atoms with Gasteiger partial charge in [0, 0.05) is 29.4 Å². The Morgan fingerprint density at radius 1 is 1.39 bits per heavy atom. The molecular formula is C22H21N7O7S2. The number of aromatic carboxylic acids is 1. The summed E-state index contributed by atoms with van der Waals surface area (Å²) in [5.74, 6) is -3.71. The van der Waals surface area contributed by atoms with E-state index in [9.17, 15) is 24.3 Å². The van der Waals surface area contributed by atoms with E-state index in [1.807, 2.05) is 0 Å². The summed E-state index contributed by atoms with van der Waals surface area (Å²) in [5.41, 5.74) is 5.69. The molecule has 1 fully saturated rings. The van der Waals surface area contributed by atoms with Crippen molar-refractivity contribution in [2.45, 2.75) is 24.8 Å². The number of nitrogens with two attached hydrogens (primary N) is 1. The number of nitrogen functional groups attached to an aromatic ring is 1. The number of aliphatic carboxylic acids is 1. The van der Waals surface area contributed by atoms with Crippen LogP contribution < -0.4 is 20.7 Å². The predicted octanol–water partition coefficient (Wildman–Crippen LogP) is -1.19. The number of allylic oxidation sites excluding steroid dienone is 1. The Morgan fingerprint density at radius 3 is 2.74 bits per heavy atom. The average Bonchev–Trinajstić information content (AvgIpc) is 3.32. The van der Waals surface area contributed by atoms with E-state index < -0.39 is 35.2 Å². The molecule has 0 aliphatic carbocycles. The first-order chi connectivity index (χ1) is 18.2. The Labute approximate surface area is 223 Å². The number of nitrogens with zero attached hydrogens (tertiary/aromatic N) is 5. The van der Waals surface area contributed by atoms with Gasteiger partial charge < -0.3 is 30.9 Å². The van der Waals surface area contributed by atoms with E-state index in [0.29, 0.717) is 5.57 Å². The fourth-order valence-corrected chi connectivity index (χ4v) is 5.48. The predicted molar refractivity (Wildman–Crippen MR) is 133 cm³/mol. The fourth-order valence-electron chi connectivity index (χ4n) is 3.68. The number of carbonyl (C=O) groups is 4. The highest BCUT2D eigenvalue weighted by molar-refractivity contribution is 8.00. The van der Waals surface area contributed by atoms with E-state index in [1.165, 1.54) is 23.9 Å². The van der Waals surface area contributed by atoms with Crippen molar-refractivity contribution in [3.63, 3.8) is 0 Å². The molecular weight excluding hydrogens is 538 g/mol. The lowest BCUT2D eigenvalue weighted by Gasteiger charge is -2.50. The molecule has 4 heterocycles. The summed E-state index contributed by atoms with van der Waals surface area (Å²) >= 11 is 2.16. The third-order valence-corrected chi connectivity index (χ3v) is 7.30. The van der Waals surface area contributed by atoms with Crippen molar-refractivity contribution in [2.75, 3.05) is 18.1 Å². The number of amides is 2. The molecule has 1 saturated heterocycles. The maximum Gasteiger partial charge on any atom is 0.336 e. The summed E-state index contributed by atoms with van der Waals surface area (Å²) in [5, 5.41) is 26.7. The minimum absolute atomic E-state index is 0.0572. The highest BCUT2D eigenvalue weighted by Crippen LogP contribution is 2.41. The monoisotopic (exact) mass is 559 g/mol. The second kappa shape index (κ2) is 11.4. The molecule has 2 aromatic rings. The topological polar surface area (TPSA) is 204 Å². The maximum atomic E-state index is 12.9. The van der Waals surface area contributed by atoms with Crippen molar-refractivity contribution in [3.8, 4) is 0 Å². The Morgan fingerprint density at radius 2 is 2.13 bits per heavy atom. The number of fused-ring (bicyclic) bond motifs is 1. The normalized spacial score (nSPS) is 19.2. The van der Waals surface area contributed by atoms with Gasteiger partial charge in [0.1, 0.15) is 18.0 Å². The number of pyridine rings is 1. The minimum atomic E-state index is -1.50. The highest BCUT2D eigenvalue weighted by Gasteiger charge is 2.53. The first-order valence-electron chi connectivity index (χ1n) is 11.1. The smallest absolute Gasteiger partial charge is 0.336 e. The third kappa shape index (κ3) is 5.50. The Bertz CT molecular complexity index is 1370.